The number of aliphatic hydroxyl groups excluding tert-OH is 1. The number of benzene rings is 1. The third kappa shape index (κ3) is 4.63. The van der Waals surface area contributed by atoms with Gasteiger partial charge in [-0.1, -0.05) is 25.5 Å². The number of rotatable bonds is 8. The molecule has 2 N–H and O–H groups in total. The van der Waals surface area contributed by atoms with E-state index in [-0.39, 0.29) is 31.4 Å². The van der Waals surface area contributed by atoms with E-state index in [1.54, 1.807) is 12.1 Å². The first-order chi connectivity index (χ1) is 10.7. The summed E-state index contributed by atoms with van der Waals surface area (Å²) in [5, 5.41) is 11.2. The van der Waals surface area contributed by atoms with Gasteiger partial charge in [0, 0.05) is 6.54 Å². The van der Waals surface area contributed by atoms with Crippen molar-refractivity contribution in [3.05, 3.63) is 53.5 Å². The van der Waals surface area contributed by atoms with E-state index in [1.807, 2.05) is 12.1 Å². The number of ether oxygens (including phenoxy) is 1. The smallest absolute Gasteiger partial charge is 0.287 e. The maximum absolute atomic E-state index is 11.6. The van der Waals surface area contributed by atoms with Crippen LogP contribution in [0.2, 0.25) is 0 Å². The highest BCUT2D eigenvalue weighted by Gasteiger charge is 2.10. The zero-order chi connectivity index (χ0) is 15.8. The van der Waals surface area contributed by atoms with Crippen LogP contribution in [0, 0.1) is 0 Å². The summed E-state index contributed by atoms with van der Waals surface area (Å²) in [5.74, 6) is 1.21. The van der Waals surface area contributed by atoms with Gasteiger partial charge in [-0.2, -0.15) is 0 Å². The third-order valence-corrected chi connectivity index (χ3v) is 3.13. The van der Waals surface area contributed by atoms with Gasteiger partial charge < -0.3 is 19.6 Å². The van der Waals surface area contributed by atoms with Gasteiger partial charge >= 0.3 is 0 Å². The predicted molar refractivity (Wildman–Crippen MR) is 82.9 cm³/mol. The molecule has 0 aliphatic rings. The number of hydrogen-bond acceptors (Lipinski definition) is 4. The van der Waals surface area contributed by atoms with Gasteiger partial charge in [-0.15, -0.1) is 0 Å². The highest BCUT2D eigenvalue weighted by Crippen LogP contribution is 2.16. The lowest BCUT2D eigenvalue weighted by Gasteiger charge is -2.05. The van der Waals surface area contributed by atoms with Crippen molar-refractivity contribution < 1.29 is 19.1 Å². The maximum atomic E-state index is 11.6. The Balaban J connectivity index is 1.86. The molecule has 0 fully saturated rings. The highest BCUT2D eigenvalue weighted by molar-refractivity contribution is 5.91. The van der Waals surface area contributed by atoms with E-state index < -0.39 is 0 Å². The minimum absolute atomic E-state index is 0.101. The summed E-state index contributed by atoms with van der Waals surface area (Å²) in [6, 6.07) is 11.3. The Labute approximate surface area is 129 Å². The Morgan fingerprint density at radius 3 is 2.68 bits per heavy atom. The molecule has 1 heterocycles. The molecule has 1 amide bonds. The minimum Gasteiger partial charge on any atom is -0.486 e. The van der Waals surface area contributed by atoms with Crippen molar-refractivity contribution in [2.24, 2.45) is 0 Å². The number of nitrogens with one attached hydrogen (secondary N) is 1. The van der Waals surface area contributed by atoms with Crippen molar-refractivity contribution in [1.82, 2.24) is 5.32 Å². The largest absolute Gasteiger partial charge is 0.486 e. The molecule has 5 nitrogen and oxygen atoms in total. The predicted octanol–water partition coefficient (Wildman–Crippen LogP) is 2.53. The Bertz CT molecular complexity index is 589. The molecule has 2 rings (SSSR count). The molecule has 1 aromatic heterocycles. The zero-order valence-corrected chi connectivity index (χ0v) is 12.7. The molecule has 0 bridgehead atoms. The second-order valence-corrected chi connectivity index (χ2v) is 4.93. The number of amides is 1. The summed E-state index contributed by atoms with van der Waals surface area (Å²) in [6.07, 6.45) is 2.18. The van der Waals surface area contributed by atoms with Gasteiger partial charge in [-0.3, -0.25) is 4.79 Å². The average molecular weight is 303 g/mol. The fraction of sp³-hybridized carbons (Fsp3) is 0.353. The zero-order valence-electron chi connectivity index (χ0n) is 12.7. The summed E-state index contributed by atoms with van der Waals surface area (Å²) in [7, 11) is 0. The molecule has 0 saturated heterocycles. The molecule has 0 aliphatic heterocycles. The Hall–Kier alpha value is -2.27. The van der Waals surface area contributed by atoms with Gasteiger partial charge in [0.2, 0.25) is 0 Å². The Kier molecular flexibility index (Phi) is 6.03. The Morgan fingerprint density at radius 2 is 2.00 bits per heavy atom. The van der Waals surface area contributed by atoms with Crippen LogP contribution >= 0.6 is 0 Å². The number of aliphatic hydroxyl groups is 1. The van der Waals surface area contributed by atoms with Crippen LogP contribution in [-0.4, -0.2) is 24.2 Å². The van der Waals surface area contributed by atoms with E-state index in [0.29, 0.717) is 5.76 Å². The number of furan rings is 1. The lowest BCUT2D eigenvalue weighted by Crippen LogP contribution is -2.25. The molecular weight excluding hydrogens is 282 g/mol. The molecule has 0 unspecified atom stereocenters. The first kappa shape index (κ1) is 16.1. The number of aryl methyl sites for hydroxylation is 1. The van der Waals surface area contributed by atoms with Crippen LogP contribution < -0.4 is 10.1 Å². The van der Waals surface area contributed by atoms with E-state index >= 15 is 0 Å². The molecule has 0 atom stereocenters. The first-order valence-electron chi connectivity index (χ1n) is 7.42. The normalized spacial score (nSPS) is 10.5. The van der Waals surface area contributed by atoms with Crippen molar-refractivity contribution >= 4 is 5.91 Å². The Morgan fingerprint density at radius 1 is 1.23 bits per heavy atom. The second kappa shape index (κ2) is 8.24. The van der Waals surface area contributed by atoms with Gasteiger partial charge in [-0.05, 0) is 36.2 Å². The van der Waals surface area contributed by atoms with E-state index in [9.17, 15) is 4.79 Å². The molecule has 0 spiro atoms. The number of carbonyl (C=O) groups excluding carboxylic acids is 1. The van der Waals surface area contributed by atoms with Gasteiger partial charge in [0.15, 0.2) is 5.76 Å². The molecule has 5 heteroatoms. The maximum Gasteiger partial charge on any atom is 0.287 e. The number of carbonyl (C=O) groups is 1. The van der Waals surface area contributed by atoms with Crippen LogP contribution in [0.1, 0.15) is 35.2 Å². The van der Waals surface area contributed by atoms with Crippen LogP contribution in [0.15, 0.2) is 40.8 Å². The van der Waals surface area contributed by atoms with Gasteiger partial charge in [0.05, 0.1) is 6.61 Å². The van der Waals surface area contributed by atoms with Gasteiger partial charge in [0.1, 0.15) is 18.1 Å². The molecule has 1 aromatic carbocycles. The lowest BCUT2D eigenvalue weighted by atomic mass is 10.1. The van der Waals surface area contributed by atoms with E-state index in [4.69, 9.17) is 14.3 Å². The fourth-order valence-corrected chi connectivity index (χ4v) is 2.03. The lowest BCUT2D eigenvalue weighted by molar-refractivity contribution is 0.0913. The summed E-state index contributed by atoms with van der Waals surface area (Å²) in [6.45, 7) is 2.52. The molecule has 0 aliphatic carbocycles. The van der Waals surface area contributed by atoms with Crippen LogP contribution in [0.5, 0.6) is 5.75 Å². The van der Waals surface area contributed by atoms with Crippen molar-refractivity contribution in [2.45, 2.75) is 26.4 Å². The third-order valence-electron chi connectivity index (χ3n) is 3.13. The highest BCUT2D eigenvalue weighted by atomic mass is 16.5. The topological polar surface area (TPSA) is 71.7 Å². The number of hydrogen-bond donors (Lipinski definition) is 2. The summed E-state index contributed by atoms with van der Waals surface area (Å²) in [5.41, 5.74) is 1.29. The molecule has 0 saturated carbocycles. The summed E-state index contributed by atoms with van der Waals surface area (Å²) in [4.78, 5) is 11.6. The fourth-order valence-electron chi connectivity index (χ4n) is 2.03. The van der Waals surface area contributed by atoms with Gasteiger partial charge in [-0.25, -0.2) is 0 Å². The van der Waals surface area contributed by atoms with Crippen molar-refractivity contribution in [1.29, 1.82) is 0 Å². The summed E-state index contributed by atoms with van der Waals surface area (Å²) < 4.78 is 11.0. The minimum atomic E-state index is -0.343. The average Bonchev–Trinajstić information content (AvgIpc) is 3.01. The van der Waals surface area contributed by atoms with Crippen molar-refractivity contribution in [2.75, 3.05) is 13.2 Å². The van der Waals surface area contributed by atoms with Crippen LogP contribution in [0.4, 0.5) is 0 Å². The standard InChI is InChI=1S/C17H21NO4/c1-2-3-13-4-6-14(7-5-13)21-12-15-8-9-16(22-15)17(20)18-10-11-19/h4-9,19H,2-3,10-12H2,1H3,(H,18,20). The van der Waals surface area contributed by atoms with E-state index in [1.165, 1.54) is 5.56 Å². The van der Waals surface area contributed by atoms with E-state index in [0.717, 1.165) is 18.6 Å². The molecule has 0 radical (unpaired) electrons. The quantitative estimate of drug-likeness (QED) is 0.786. The molecule has 22 heavy (non-hydrogen) atoms. The monoisotopic (exact) mass is 303 g/mol. The molecule has 2 aromatic rings. The van der Waals surface area contributed by atoms with Crippen molar-refractivity contribution in [3.8, 4) is 5.75 Å². The summed E-state index contributed by atoms with van der Waals surface area (Å²) >= 11 is 0. The van der Waals surface area contributed by atoms with Crippen molar-refractivity contribution in [3.63, 3.8) is 0 Å². The van der Waals surface area contributed by atoms with Crippen LogP contribution in [0.3, 0.4) is 0 Å². The molecular formula is C17H21NO4. The molecule has 118 valence electrons. The van der Waals surface area contributed by atoms with E-state index in [2.05, 4.69) is 24.4 Å². The second-order valence-electron chi connectivity index (χ2n) is 4.93. The van der Waals surface area contributed by atoms with Crippen LogP contribution in [0.25, 0.3) is 0 Å². The first-order valence-corrected chi connectivity index (χ1v) is 7.42. The SMILES string of the molecule is CCCc1ccc(OCc2ccc(C(=O)NCCO)o2)cc1. The van der Waals surface area contributed by atoms with Crippen LogP contribution in [-0.2, 0) is 13.0 Å². The van der Waals surface area contributed by atoms with Gasteiger partial charge in [0.25, 0.3) is 5.91 Å².